The molecule has 3 atom stereocenters. The summed E-state index contributed by atoms with van der Waals surface area (Å²) in [5.41, 5.74) is 2.65. The highest BCUT2D eigenvalue weighted by atomic mass is 127. The molecular formula is C22H34IN5. The predicted molar refractivity (Wildman–Crippen MR) is 128 cm³/mol. The third kappa shape index (κ3) is 5.72. The zero-order valence-corrected chi connectivity index (χ0v) is 19.8. The van der Waals surface area contributed by atoms with Crippen LogP contribution >= 0.6 is 24.0 Å². The van der Waals surface area contributed by atoms with E-state index in [0.717, 1.165) is 32.1 Å². The van der Waals surface area contributed by atoms with Crippen molar-refractivity contribution < 1.29 is 0 Å². The summed E-state index contributed by atoms with van der Waals surface area (Å²) in [5.74, 6) is 2.09. The first-order valence-corrected chi connectivity index (χ1v) is 10.2. The van der Waals surface area contributed by atoms with Crippen LogP contribution < -0.4 is 5.32 Å². The second-order valence-electron chi connectivity index (χ2n) is 7.80. The molecule has 1 fully saturated rings. The molecule has 1 saturated heterocycles. The Bertz CT molecular complexity index is 726. The molecule has 1 aromatic carbocycles. The molecule has 28 heavy (non-hydrogen) atoms. The molecule has 0 saturated carbocycles. The number of aliphatic imine (C=N–C) groups is 1. The van der Waals surface area contributed by atoms with E-state index in [4.69, 9.17) is 4.99 Å². The molecular weight excluding hydrogens is 461 g/mol. The van der Waals surface area contributed by atoms with Crippen LogP contribution in [0.3, 0.4) is 0 Å². The number of piperidine rings is 1. The van der Waals surface area contributed by atoms with E-state index in [-0.39, 0.29) is 24.0 Å². The fourth-order valence-electron chi connectivity index (χ4n) is 3.74. The summed E-state index contributed by atoms with van der Waals surface area (Å²) in [7, 11) is 0. The largest absolute Gasteiger partial charge is 0.357 e. The Balaban J connectivity index is 0.00000280. The normalized spacial score (nSPS) is 21.1. The third-order valence-electron chi connectivity index (χ3n) is 5.62. The number of hydrogen-bond donors (Lipinski definition) is 1. The molecule has 1 aliphatic heterocycles. The quantitative estimate of drug-likeness (QED) is 0.379. The molecule has 1 aliphatic rings. The number of guanidine groups is 1. The summed E-state index contributed by atoms with van der Waals surface area (Å²) in [6.07, 6.45) is 7.05. The van der Waals surface area contributed by atoms with Gasteiger partial charge in [0, 0.05) is 44.5 Å². The first-order chi connectivity index (χ1) is 13.1. The standard InChI is InChI=1S/C22H33N5.HI/c1-5-24-22(25-14-19(4)20-8-6-17(2)7-9-20)26-12-10-18(3)21(15-26)27-13-11-23-16-27;/h6-9,11,13,16,18-19,21H,5,10,12,14-15H2,1-4H3,(H,24,25);1H. The van der Waals surface area contributed by atoms with Crippen LogP contribution in [-0.2, 0) is 0 Å². The zero-order valence-electron chi connectivity index (χ0n) is 17.5. The van der Waals surface area contributed by atoms with E-state index >= 15 is 0 Å². The lowest BCUT2D eigenvalue weighted by Gasteiger charge is -2.39. The van der Waals surface area contributed by atoms with E-state index < -0.39 is 0 Å². The first kappa shape index (κ1) is 22.7. The molecule has 2 heterocycles. The molecule has 154 valence electrons. The molecule has 0 bridgehead atoms. The minimum absolute atomic E-state index is 0. The number of nitrogens with one attached hydrogen (secondary N) is 1. The first-order valence-electron chi connectivity index (χ1n) is 10.2. The molecule has 6 heteroatoms. The van der Waals surface area contributed by atoms with Crippen molar-refractivity contribution in [2.24, 2.45) is 10.9 Å². The van der Waals surface area contributed by atoms with Gasteiger partial charge in [-0.15, -0.1) is 24.0 Å². The Hall–Kier alpha value is -1.57. The number of aromatic nitrogens is 2. The maximum Gasteiger partial charge on any atom is 0.194 e. The van der Waals surface area contributed by atoms with Gasteiger partial charge in [0.1, 0.15) is 0 Å². The van der Waals surface area contributed by atoms with Crippen LogP contribution in [-0.4, -0.2) is 46.6 Å². The van der Waals surface area contributed by atoms with Gasteiger partial charge in [0.2, 0.25) is 0 Å². The lowest BCUT2D eigenvalue weighted by molar-refractivity contribution is 0.189. The predicted octanol–water partition coefficient (Wildman–Crippen LogP) is 4.46. The van der Waals surface area contributed by atoms with Crippen molar-refractivity contribution in [3.8, 4) is 0 Å². The lowest BCUT2D eigenvalue weighted by Crippen LogP contribution is -2.49. The summed E-state index contributed by atoms with van der Waals surface area (Å²) in [5, 5.41) is 3.50. The average molecular weight is 495 g/mol. The van der Waals surface area contributed by atoms with Crippen molar-refractivity contribution >= 4 is 29.9 Å². The molecule has 1 aromatic heterocycles. The number of aryl methyl sites for hydroxylation is 1. The van der Waals surface area contributed by atoms with Crippen molar-refractivity contribution in [3.05, 3.63) is 54.1 Å². The molecule has 2 aromatic rings. The fraction of sp³-hybridized carbons (Fsp3) is 0.545. The number of hydrogen-bond acceptors (Lipinski definition) is 2. The summed E-state index contributed by atoms with van der Waals surface area (Å²) >= 11 is 0. The Morgan fingerprint density at radius 2 is 2.07 bits per heavy atom. The zero-order chi connectivity index (χ0) is 19.2. The molecule has 3 rings (SSSR count). The lowest BCUT2D eigenvalue weighted by atomic mass is 9.93. The maximum atomic E-state index is 4.98. The van der Waals surface area contributed by atoms with Gasteiger partial charge in [-0.3, -0.25) is 4.99 Å². The number of imidazole rings is 1. The van der Waals surface area contributed by atoms with E-state index in [0.29, 0.717) is 17.9 Å². The Labute approximate surface area is 186 Å². The summed E-state index contributed by atoms with van der Waals surface area (Å²) in [6, 6.07) is 9.25. The SMILES string of the molecule is CCNC(=NCC(C)c1ccc(C)cc1)N1CCC(C)C(n2ccnc2)C1.I. The van der Waals surface area contributed by atoms with Crippen LogP contribution in [0.15, 0.2) is 48.0 Å². The molecule has 5 nitrogen and oxygen atoms in total. The van der Waals surface area contributed by atoms with Crippen molar-refractivity contribution in [2.45, 2.75) is 46.1 Å². The minimum Gasteiger partial charge on any atom is -0.357 e. The highest BCUT2D eigenvalue weighted by molar-refractivity contribution is 14.0. The van der Waals surface area contributed by atoms with Gasteiger partial charge in [-0.1, -0.05) is 43.7 Å². The number of halogens is 1. The molecule has 0 aliphatic carbocycles. The average Bonchev–Trinajstić information content (AvgIpc) is 3.20. The van der Waals surface area contributed by atoms with Gasteiger partial charge in [0.05, 0.1) is 12.4 Å². The Kier molecular flexibility index (Phi) is 8.79. The van der Waals surface area contributed by atoms with E-state index in [2.05, 4.69) is 77.9 Å². The smallest absolute Gasteiger partial charge is 0.194 e. The number of likely N-dealkylation sites (tertiary alicyclic amines) is 1. The Morgan fingerprint density at radius 3 is 2.71 bits per heavy atom. The minimum atomic E-state index is 0. The van der Waals surface area contributed by atoms with Gasteiger partial charge >= 0.3 is 0 Å². The van der Waals surface area contributed by atoms with Gasteiger partial charge in [-0.2, -0.15) is 0 Å². The fourth-order valence-corrected chi connectivity index (χ4v) is 3.74. The van der Waals surface area contributed by atoms with Crippen LogP contribution in [0.25, 0.3) is 0 Å². The van der Waals surface area contributed by atoms with Crippen molar-refractivity contribution in [1.82, 2.24) is 19.8 Å². The summed E-state index contributed by atoms with van der Waals surface area (Å²) in [6.45, 7) is 12.6. The maximum absolute atomic E-state index is 4.98. The second kappa shape index (κ2) is 10.8. The van der Waals surface area contributed by atoms with Gasteiger partial charge in [0.15, 0.2) is 5.96 Å². The van der Waals surface area contributed by atoms with Gasteiger partial charge < -0.3 is 14.8 Å². The third-order valence-corrected chi connectivity index (χ3v) is 5.62. The topological polar surface area (TPSA) is 45.5 Å². The summed E-state index contributed by atoms with van der Waals surface area (Å²) < 4.78 is 2.25. The van der Waals surface area contributed by atoms with Crippen LogP contribution in [0, 0.1) is 12.8 Å². The van der Waals surface area contributed by atoms with Crippen molar-refractivity contribution in [2.75, 3.05) is 26.2 Å². The van der Waals surface area contributed by atoms with Crippen LogP contribution in [0.1, 0.15) is 50.3 Å². The van der Waals surface area contributed by atoms with E-state index in [1.165, 1.54) is 17.5 Å². The summed E-state index contributed by atoms with van der Waals surface area (Å²) in [4.78, 5) is 11.6. The Morgan fingerprint density at radius 1 is 1.32 bits per heavy atom. The van der Waals surface area contributed by atoms with Gasteiger partial charge in [-0.05, 0) is 31.7 Å². The van der Waals surface area contributed by atoms with Crippen LogP contribution in [0.5, 0.6) is 0 Å². The second-order valence-corrected chi connectivity index (χ2v) is 7.80. The monoisotopic (exact) mass is 495 g/mol. The molecule has 3 unspecified atom stereocenters. The van der Waals surface area contributed by atoms with Crippen molar-refractivity contribution in [1.29, 1.82) is 0 Å². The van der Waals surface area contributed by atoms with E-state index in [1.807, 2.05) is 12.5 Å². The highest BCUT2D eigenvalue weighted by Gasteiger charge is 2.28. The van der Waals surface area contributed by atoms with E-state index in [9.17, 15) is 0 Å². The molecule has 1 N–H and O–H groups in total. The molecule has 0 radical (unpaired) electrons. The highest BCUT2D eigenvalue weighted by Crippen LogP contribution is 2.27. The van der Waals surface area contributed by atoms with Crippen molar-refractivity contribution in [3.63, 3.8) is 0 Å². The molecule has 0 spiro atoms. The van der Waals surface area contributed by atoms with E-state index in [1.54, 1.807) is 0 Å². The van der Waals surface area contributed by atoms with Crippen LogP contribution in [0.2, 0.25) is 0 Å². The number of benzene rings is 1. The van der Waals surface area contributed by atoms with Crippen LogP contribution in [0.4, 0.5) is 0 Å². The number of rotatable bonds is 5. The van der Waals surface area contributed by atoms with Gasteiger partial charge in [0.25, 0.3) is 0 Å². The molecule has 0 amide bonds. The number of nitrogens with zero attached hydrogens (tertiary/aromatic N) is 4. The van der Waals surface area contributed by atoms with Gasteiger partial charge in [-0.25, -0.2) is 4.98 Å².